The molecule has 2 aliphatic rings. The summed E-state index contributed by atoms with van der Waals surface area (Å²) in [5.74, 6) is 0.914. The van der Waals surface area contributed by atoms with Crippen molar-refractivity contribution < 1.29 is 0 Å². The molecule has 102 valence electrons. The van der Waals surface area contributed by atoms with Gasteiger partial charge in [-0.3, -0.25) is 4.99 Å². The number of nitrogens with zero attached hydrogens (tertiary/aromatic N) is 1. The average Bonchev–Trinajstić information content (AvgIpc) is 3.20. The van der Waals surface area contributed by atoms with Crippen LogP contribution in [0.5, 0.6) is 0 Å². The second-order valence-corrected chi connectivity index (χ2v) is 7.61. The van der Waals surface area contributed by atoms with Crippen molar-refractivity contribution in [3.8, 4) is 0 Å². The number of benzene rings is 2. The van der Waals surface area contributed by atoms with E-state index in [1.54, 1.807) is 0 Å². The number of rotatable bonds is 2. The maximum absolute atomic E-state index is 4.63. The van der Waals surface area contributed by atoms with Crippen LogP contribution < -0.4 is 5.32 Å². The Labute approximate surface area is 131 Å². The first-order chi connectivity index (χ1) is 9.78. The second kappa shape index (κ2) is 5.08. The summed E-state index contributed by atoms with van der Waals surface area (Å²) in [6, 6.07) is 12.8. The van der Waals surface area contributed by atoms with E-state index < -0.39 is 0 Å². The minimum Gasteiger partial charge on any atom is -0.335 e. The minimum atomic E-state index is 0.717. The van der Waals surface area contributed by atoms with Crippen LogP contribution >= 0.6 is 27.7 Å². The maximum Gasteiger partial charge on any atom is 0.161 e. The van der Waals surface area contributed by atoms with Crippen molar-refractivity contribution in [1.29, 1.82) is 0 Å². The van der Waals surface area contributed by atoms with Crippen LogP contribution in [0.3, 0.4) is 0 Å². The number of hydrogen-bond donors (Lipinski definition) is 1. The van der Waals surface area contributed by atoms with Crippen LogP contribution in [0.1, 0.15) is 12.8 Å². The Morgan fingerprint density at radius 3 is 2.75 bits per heavy atom. The minimum absolute atomic E-state index is 0.717. The molecule has 2 aromatic carbocycles. The fourth-order valence-corrected chi connectivity index (χ4v) is 4.20. The van der Waals surface area contributed by atoms with Gasteiger partial charge in [0.25, 0.3) is 0 Å². The summed E-state index contributed by atoms with van der Waals surface area (Å²) in [5.41, 5.74) is 1.13. The summed E-state index contributed by atoms with van der Waals surface area (Å²) in [5, 5.41) is 7.76. The average molecular weight is 347 g/mol. The topological polar surface area (TPSA) is 24.4 Å². The van der Waals surface area contributed by atoms with Crippen molar-refractivity contribution in [2.45, 2.75) is 18.1 Å². The molecular formula is C16H15BrN2S. The van der Waals surface area contributed by atoms with Gasteiger partial charge in [0.15, 0.2) is 5.17 Å². The van der Waals surface area contributed by atoms with E-state index in [4.69, 9.17) is 0 Å². The van der Waals surface area contributed by atoms with Crippen LogP contribution in [-0.4, -0.2) is 17.0 Å². The Morgan fingerprint density at radius 2 is 1.90 bits per heavy atom. The van der Waals surface area contributed by atoms with Crippen molar-refractivity contribution in [2.24, 2.45) is 10.9 Å². The van der Waals surface area contributed by atoms with Gasteiger partial charge in [-0.05, 0) is 53.8 Å². The molecule has 20 heavy (non-hydrogen) atoms. The highest BCUT2D eigenvalue weighted by Gasteiger charge is 2.35. The number of halogens is 1. The molecule has 1 saturated carbocycles. The summed E-state index contributed by atoms with van der Waals surface area (Å²) in [6.07, 6.45) is 2.79. The second-order valence-electron chi connectivity index (χ2n) is 5.47. The number of hydrogen-bond acceptors (Lipinski definition) is 3. The fourth-order valence-electron chi connectivity index (χ4n) is 2.59. The predicted octanol–water partition coefficient (Wildman–Crippen LogP) is 4.90. The lowest BCUT2D eigenvalue weighted by atomic mass is 10.1. The van der Waals surface area contributed by atoms with Gasteiger partial charge in [0, 0.05) is 15.4 Å². The largest absolute Gasteiger partial charge is 0.335 e. The van der Waals surface area contributed by atoms with Gasteiger partial charge in [0.1, 0.15) is 0 Å². The van der Waals surface area contributed by atoms with Gasteiger partial charge in [-0.1, -0.05) is 39.8 Å². The summed E-state index contributed by atoms with van der Waals surface area (Å²) in [6.45, 7) is 0.984. The Balaban J connectivity index is 1.52. The normalized spacial score (nSPS) is 22.1. The monoisotopic (exact) mass is 346 g/mol. The van der Waals surface area contributed by atoms with E-state index in [9.17, 15) is 0 Å². The molecule has 2 nitrogen and oxygen atoms in total. The fraction of sp³-hybridized carbons (Fsp3) is 0.312. The van der Waals surface area contributed by atoms with E-state index in [2.05, 4.69) is 62.6 Å². The van der Waals surface area contributed by atoms with Crippen LogP contribution in [0.4, 0.5) is 5.69 Å². The SMILES string of the molecule is Brc1ccc2cc(NC3=NCC(C4CC4)S3)ccc2c1. The Morgan fingerprint density at radius 1 is 1.10 bits per heavy atom. The molecule has 1 aliphatic carbocycles. The molecule has 0 spiro atoms. The number of anilines is 1. The van der Waals surface area contributed by atoms with Gasteiger partial charge in [0.05, 0.1) is 6.54 Å². The van der Waals surface area contributed by atoms with E-state index in [1.807, 2.05) is 11.8 Å². The zero-order valence-electron chi connectivity index (χ0n) is 11.0. The van der Waals surface area contributed by atoms with Crippen molar-refractivity contribution in [3.63, 3.8) is 0 Å². The molecule has 1 heterocycles. The van der Waals surface area contributed by atoms with Crippen molar-refractivity contribution in [2.75, 3.05) is 11.9 Å². The van der Waals surface area contributed by atoms with Gasteiger partial charge in [-0.25, -0.2) is 0 Å². The predicted molar refractivity (Wildman–Crippen MR) is 91.7 cm³/mol. The number of fused-ring (bicyclic) bond motifs is 1. The van der Waals surface area contributed by atoms with E-state index in [0.717, 1.165) is 27.8 Å². The van der Waals surface area contributed by atoms with Crippen molar-refractivity contribution in [1.82, 2.24) is 0 Å². The third-order valence-corrected chi connectivity index (χ3v) is 5.66. The molecule has 4 rings (SSSR count). The smallest absolute Gasteiger partial charge is 0.161 e. The molecule has 4 heteroatoms. The first-order valence-corrected chi connectivity index (χ1v) is 8.63. The molecule has 0 aromatic heterocycles. The molecule has 0 saturated heterocycles. The first kappa shape index (κ1) is 12.7. The number of amidine groups is 1. The van der Waals surface area contributed by atoms with Gasteiger partial charge in [0.2, 0.25) is 0 Å². The third kappa shape index (κ3) is 2.59. The molecule has 1 fully saturated rings. The molecule has 1 atom stereocenters. The summed E-state index contributed by atoms with van der Waals surface area (Å²) in [4.78, 5) is 4.63. The molecule has 2 aromatic rings. The molecule has 0 amide bonds. The van der Waals surface area contributed by atoms with Crippen molar-refractivity contribution >= 4 is 49.3 Å². The maximum atomic E-state index is 4.63. The molecule has 1 unspecified atom stereocenters. The Bertz CT molecular complexity index is 694. The standard InChI is InChI=1S/C16H15BrN2S/c17-13-5-3-12-8-14(6-4-11(12)7-13)19-16-18-9-15(20-16)10-1-2-10/h3-8,10,15H,1-2,9H2,(H,18,19). The van der Waals surface area contributed by atoms with Gasteiger partial charge in [-0.2, -0.15) is 0 Å². The lowest BCUT2D eigenvalue weighted by Gasteiger charge is -2.09. The van der Waals surface area contributed by atoms with Crippen LogP contribution in [0, 0.1) is 5.92 Å². The van der Waals surface area contributed by atoms with Crippen LogP contribution in [0.15, 0.2) is 45.9 Å². The molecular weight excluding hydrogens is 332 g/mol. The van der Waals surface area contributed by atoms with E-state index >= 15 is 0 Å². The van der Waals surface area contributed by atoms with Crippen molar-refractivity contribution in [3.05, 3.63) is 40.9 Å². The van der Waals surface area contributed by atoms with Crippen LogP contribution in [0.2, 0.25) is 0 Å². The highest BCUT2D eigenvalue weighted by atomic mass is 79.9. The number of aliphatic imine (C=N–C) groups is 1. The lowest BCUT2D eigenvalue weighted by molar-refractivity contribution is 0.773. The van der Waals surface area contributed by atoms with Gasteiger partial charge >= 0.3 is 0 Å². The summed E-state index contributed by atoms with van der Waals surface area (Å²) < 4.78 is 1.12. The van der Waals surface area contributed by atoms with Crippen LogP contribution in [-0.2, 0) is 0 Å². The van der Waals surface area contributed by atoms with E-state index in [1.165, 1.54) is 23.6 Å². The first-order valence-electron chi connectivity index (χ1n) is 6.95. The van der Waals surface area contributed by atoms with Gasteiger partial charge < -0.3 is 5.32 Å². The van der Waals surface area contributed by atoms with E-state index in [0.29, 0.717) is 5.25 Å². The number of thioether (sulfide) groups is 1. The highest BCUT2D eigenvalue weighted by molar-refractivity contribution is 9.10. The number of nitrogens with one attached hydrogen (secondary N) is 1. The molecule has 0 bridgehead atoms. The zero-order chi connectivity index (χ0) is 13.5. The Hall–Kier alpha value is -1.00. The Kier molecular flexibility index (Phi) is 3.23. The van der Waals surface area contributed by atoms with Gasteiger partial charge in [-0.15, -0.1) is 0 Å². The molecule has 0 radical (unpaired) electrons. The third-order valence-electron chi connectivity index (χ3n) is 3.88. The van der Waals surface area contributed by atoms with Crippen LogP contribution in [0.25, 0.3) is 10.8 Å². The van der Waals surface area contributed by atoms with E-state index in [-0.39, 0.29) is 0 Å². The quantitative estimate of drug-likeness (QED) is 0.836. The summed E-state index contributed by atoms with van der Waals surface area (Å²) >= 11 is 5.43. The summed E-state index contributed by atoms with van der Waals surface area (Å²) in [7, 11) is 0. The molecule has 1 N–H and O–H groups in total. The molecule has 1 aliphatic heterocycles. The lowest BCUT2D eigenvalue weighted by Crippen LogP contribution is -2.08. The zero-order valence-corrected chi connectivity index (χ0v) is 13.4. The highest BCUT2D eigenvalue weighted by Crippen LogP contribution is 2.42.